The molecule has 0 saturated carbocycles. The van der Waals surface area contributed by atoms with E-state index < -0.39 is 0 Å². The number of aliphatic hydroxyl groups is 1. The summed E-state index contributed by atoms with van der Waals surface area (Å²) in [6.45, 7) is 7.35. The van der Waals surface area contributed by atoms with E-state index >= 15 is 0 Å². The second-order valence-corrected chi connectivity index (χ2v) is 6.65. The van der Waals surface area contributed by atoms with Crippen molar-refractivity contribution < 1.29 is 9.90 Å². The fourth-order valence-corrected chi connectivity index (χ4v) is 2.90. The summed E-state index contributed by atoms with van der Waals surface area (Å²) in [7, 11) is 0. The van der Waals surface area contributed by atoms with Gasteiger partial charge in [-0.3, -0.25) is 9.78 Å². The van der Waals surface area contributed by atoms with E-state index in [0.717, 1.165) is 12.0 Å². The molecule has 1 unspecified atom stereocenters. The summed E-state index contributed by atoms with van der Waals surface area (Å²) in [6, 6.07) is 3.76. The third-order valence-electron chi connectivity index (χ3n) is 3.85. The number of likely N-dealkylation sites (tertiary alicyclic amines) is 1. The molecule has 2 rings (SSSR count). The van der Waals surface area contributed by atoms with Crippen LogP contribution in [0.5, 0.6) is 0 Å². The fourth-order valence-electron chi connectivity index (χ4n) is 2.90. The van der Waals surface area contributed by atoms with Crippen LogP contribution in [0.2, 0.25) is 0 Å². The molecule has 21 heavy (non-hydrogen) atoms. The van der Waals surface area contributed by atoms with Gasteiger partial charge >= 0.3 is 0 Å². The molecule has 114 valence electrons. The molecule has 4 heteroatoms. The first-order chi connectivity index (χ1) is 9.87. The summed E-state index contributed by atoms with van der Waals surface area (Å²) in [6.07, 6.45) is 6.39. The number of carbonyl (C=O) groups is 1. The van der Waals surface area contributed by atoms with Gasteiger partial charge in [0.05, 0.1) is 6.10 Å². The summed E-state index contributed by atoms with van der Waals surface area (Å²) < 4.78 is 0. The average Bonchev–Trinajstić information content (AvgIpc) is 2.56. The lowest BCUT2D eigenvalue weighted by Crippen LogP contribution is -2.38. The standard InChI is InChI=1S/C17H24N2O2/c1-13(10-14-4-7-18-8-5-14)16(21)19-9-6-15(20)11-17(2,3)12-19/h4-5,7-8,10,15,20H,6,9,11-12H2,1-3H3. The number of rotatable bonds is 2. The van der Waals surface area contributed by atoms with Crippen molar-refractivity contribution in [2.75, 3.05) is 13.1 Å². The number of carbonyl (C=O) groups excluding carboxylic acids is 1. The molecule has 1 fully saturated rings. The lowest BCUT2D eigenvalue weighted by Gasteiger charge is -2.30. The smallest absolute Gasteiger partial charge is 0.249 e. The highest BCUT2D eigenvalue weighted by atomic mass is 16.3. The Morgan fingerprint density at radius 2 is 2.10 bits per heavy atom. The number of hydrogen-bond donors (Lipinski definition) is 1. The summed E-state index contributed by atoms with van der Waals surface area (Å²) in [5.74, 6) is 0.0500. The van der Waals surface area contributed by atoms with Gasteiger partial charge in [-0.25, -0.2) is 0 Å². The van der Waals surface area contributed by atoms with Crippen LogP contribution in [0.4, 0.5) is 0 Å². The van der Waals surface area contributed by atoms with E-state index in [0.29, 0.717) is 25.1 Å². The van der Waals surface area contributed by atoms with Crippen LogP contribution in [0.25, 0.3) is 6.08 Å². The van der Waals surface area contributed by atoms with Gasteiger partial charge in [0, 0.05) is 31.1 Å². The second-order valence-electron chi connectivity index (χ2n) is 6.65. The van der Waals surface area contributed by atoms with Crippen LogP contribution in [0.15, 0.2) is 30.1 Å². The fraction of sp³-hybridized carbons (Fsp3) is 0.529. The normalized spacial score (nSPS) is 22.8. The topological polar surface area (TPSA) is 53.4 Å². The molecule has 4 nitrogen and oxygen atoms in total. The first-order valence-electron chi connectivity index (χ1n) is 7.43. The lowest BCUT2D eigenvalue weighted by molar-refractivity contribution is -0.128. The SMILES string of the molecule is CC(=Cc1ccncc1)C(=O)N1CCC(O)CC(C)(C)C1. The lowest BCUT2D eigenvalue weighted by atomic mass is 9.87. The predicted molar refractivity (Wildman–Crippen MR) is 83.5 cm³/mol. The molecule has 0 aliphatic carbocycles. The van der Waals surface area contributed by atoms with Gasteiger partial charge in [-0.2, -0.15) is 0 Å². The minimum absolute atomic E-state index is 0.0500. The molecule has 0 radical (unpaired) electrons. The maximum absolute atomic E-state index is 12.6. The van der Waals surface area contributed by atoms with Crippen LogP contribution in [-0.2, 0) is 4.79 Å². The van der Waals surface area contributed by atoms with Gasteiger partial charge in [0.25, 0.3) is 0 Å². The molecule has 0 spiro atoms. The molecular formula is C17H24N2O2. The van der Waals surface area contributed by atoms with E-state index in [9.17, 15) is 9.90 Å². The van der Waals surface area contributed by atoms with Crippen LogP contribution in [0, 0.1) is 5.41 Å². The van der Waals surface area contributed by atoms with Crippen molar-refractivity contribution in [3.63, 3.8) is 0 Å². The number of hydrogen-bond acceptors (Lipinski definition) is 3. The molecule has 1 atom stereocenters. The zero-order valence-corrected chi connectivity index (χ0v) is 13.0. The minimum atomic E-state index is -0.317. The first kappa shape index (κ1) is 15.7. The molecule has 2 heterocycles. The summed E-state index contributed by atoms with van der Waals surface area (Å²) in [5.41, 5.74) is 1.64. The molecule has 1 aliphatic rings. The minimum Gasteiger partial charge on any atom is -0.393 e. The van der Waals surface area contributed by atoms with E-state index in [1.54, 1.807) is 12.4 Å². The van der Waals surface area contributed by atoms with Crippen LogP contribution >= 0.6 is 0 Å². The molecule has 1 amide bonds. The molecule has 1 aromatic rings. The average molecular weight is 288 g/mol. The molecule has 0 bridgehead atoms. The van der Waals surface area contributed by atoms with Gasteiger partial charge < -0.3 is 10.0 Å². The quantitative estimate of drug-likeness (QED) is 0.851. The number of aromatic nitrogens is 1. The van der Waals surface area contributed by atoms with E-state index in [-0.39, 0.29) is 17.4 Å². The zero-order chi connectivity index (χ0) is 15.5. The largest absolute Gasteiger partial charge is 0.393 e. The predicted octanol–water partition coefficient (Wildman–Crippen LogP) is 2.49. The van der Waals surface area contributed by atoms with Crippen molar-refractivity contribution in [3.8, 4) is 0 Å². The van der Waals surface area contributed by atoms with E-state index in [2.05, 4.69) is 18.8 Å². The van der Waals surface area contributed by atoms with E-state index in [1.807, 2.05) is 30.0 Å². The third-order valence-corrected chi connectivity index (χ3v) is 3.85. The highest BCUT2D eigenvalue weighted by molar-refractivity contribution is 5.97. The first-order valence-corrected chi connectivity index (χ1v) is 7.43. The second kappa shape index (κ2) is 6.39. The van der Waals surface area contributed by atoms with E-state index in [1.165, 1.54) is 0 Å². The summed E-state index contributed by atoms with van der Waals surface area (Å²) in [4.78, 5) is 18.4. The molecule has 1 saturated heterocycles. The molecule has 1 aliphatic heterocycles. The maximum atomic E-state index is 12.6. The van der Waals surface area contributed by atoms with Gasteiger partial charge in [0.15, 0.2) is 0 Å². The van der Waals surface area contributed by atoms with Crippen molar-refractivity contribution >= 4 is 12.0 Å². The number of nitrogens with zero attached hydrogens (tertiary/aromatic N) is 2. The van der Waals surface area contributed by atoms with Gasteiger partial charge in [0.1, 0.15) is 0 Å². The van der Waals surface area contributed by atoms with Crippen LogP contribution in [0.1, 0.15) is 39.2 Å². The van der Waals surface area contributed by atoms with Crippen molar-refractivity contribution in [1.29, 1.82) is 0 Å². The number of amides is 1. The Hall–Kier alpha value is -1.68. The Kier molecular flexibility index (Phi) is 4.78. The van der Waals surface area contributed by atoms with Crippen molar-refractivity contribution in [1.82, 2.24) is 9.88 Å². The monoisotopic (exact) mass is 288 g/mol. The van der Waals surface area contributed by atoms with Crippen molar-refractivity contribution in [3.05, 3.63) is 35.7 Å². The van der Waals surface area contributed by atoms with Crippen LogP contribution in [-0.4, -0.2) is 40.1 Å². The van der Waals surface area contributed by atoms with Gasteiger partial charge in [-0.1, -0.05) is 13.8 Å². The highest BCUT2D eigenvalue weighted by Crippen LogP contribution is 2.29. The summed E-state index contributed by atoms with van der Waals surface area (Å²) >= 11 is 0. The Morgan fingerprint density at radius 1 is 1.43 bits per heavy atom. The van der Waals surface area contributed by atoms with Gasteiger partial charge in [-0.15, -0.1) is 0 Å². The summed E-state index contributed by atoms with van der Waals surface area (Å²) in [5, 5.41) is 9.94. The maximum Gasteiger partial charge on any atom is 0.249 e. The van der Waals surface area contributed by atoms with Gasteiger partial charge in [0.2, 0.25) is 5.91 Å². The third kappa shape index (κ3) is 4.39. The molecular weight excluding hydrogens is 264 g/mol. The zero-order valence-electron chi connectivity index (χ0n) is 13.0. The van der Waals surface area contributed by atoms with Crippen LogP contribution < -0.4 is 0 Å². The Bertz CT molecular complexity index is 523. The Labute approximate surface area is 126 Å². The Balaban J connectivity index is 2.13. The number of pyridine rings is 1. The number of aliphatic hydroxyl groups excluding tert-OH is 1. The molecule has 0 aromatic carbocycles. The van der Waals surface area contributed by atoms with Crippen LogP contribution in [0.3, 0.4) is 0 Å². The van der Waals surface area contributed by atoms with Crippen molar-refractivity contribution in [2.45, 2.75) is 39.7 Å². The van der Waals surface area contributed by atoms with Gasteiger partial charge in [-0.05, 0) is 49.0 Å². The highest BCUT2D eigenvalue weighted by Gasteiger charge is 2.31. The van der Waals surface area contributed by atoms with E-state index in [4.69, 9.17) is 0 Å². The Morgan fingerprint density at radius 3 is 2.76 bits per heavy atom. The molecule has 1 aromatic heterocycles. The van der Waals surface area contributed by atoms with Crippen molar-refractivity contribution in [2.24, 2.45) is 5.41 Å². The molecule has 1 N–H and O–H groups in total.